The van der Waals surface area contributed by atoms with E-state index in [4.69, 9.17) is 0 Å². The van der Waals surface area contributed by atoms with Crippen molar-refractivity contribution in [3.8, 4) is 0 Å². The molecule has 3 N–H and O–H groups in total. The van der Waals surface area contributed by atoms with E-state index in [2.05, 4.69) is 15.6 Å². The van der Waals surface area contributed by atoms with E-state index in [0.29, 0.717) is 29.9 Å². The number of aromatic nitrogens is 1. The summed E-state index contributed by atoms with van der Waals surface area (Å²) in [5.74, 6) is -0.767. The van der Waals surface area contributed by atoms with E-state index in [0.717, 1.165) is 36.2 Å². The standard InChI is InChI=1S/C29H36FN5O3/c1-17-21-10-8-19(16-31-28(37)18(2)35(5)27(36)7-6-12-34(3)4)13-26(21)32-25(17)15-23-22-14-20(30)9-11-24(22)33-29(23)38/h6-7,9,11,14-15,18-19,32H,8,10,12-13,16H2,1-5H3,(H,31,37)(H,33,38)/b7-6+,23-15-/t18?,19-/m1/s1. The van der Waals surface area contributed by atoms with Crippen LogP contribution in [-0.4, -0.2) is 72.8 Å². The topological polar surface area (TPSA) is 97.5 Å². The van der Waals surface area contributed by atoms with Crippen molar-refractivity contribution < 1.29 is 18.8 Å². The van der Waals surface area contributed by atoms with Gasteiger partial charge in [-0.2, -0.15) is 0 Å². The molecule has 3 amide bonds. The first-order valence-corrected chi connectivity index (χ1v) is 12.9. The number of benzene rings is 1. The number of aromatic amines is 1. The fourth-order valence-electron chi connectivity index (χ4n) is 4.98. The van der Waals surface area contributed by atoms with E-state index >= 15 is 0 Å². The SMILES string of the molecule is Cc1c(/C=C2\C(=O)Nc3ccc(F)cc32)[nH]c2c1CC[C@@H](CNC(=O)C(C)N(C)C(=O)/C=C/CN(C)C)C2. The summed E-state index contributed by atoms with van der Waals surface area (Å²) in [4.78, 5) is 44.5. The fraction of sp³-hybridized carbons (Fsp3) is 0.414. The number of nitrogens with one attached hydrogen (secondary N) is 3. The molecule has 8 nitrogen and oxygen atoms in total. The summed E-state index contributed by atoms with van der Waals surface area (Å²) < 4.78 is 13.8. The van der Waals surface area contributed by atoms with Crippen LogP contribution in [0.1, 0.15) is 41.4 Å². The van der Waals surface area contributed by atoms with Crippen LogP contribution in [-0.2, 0) is 27.2 Å². The van der Waals surface area contributed by atoms with Gasteiger partial charge in [-0.25, -0.2) is 4.39 Å². The highest BCUT2D eigenvalue weighted by Gasteiger charge is 2.28. The van der Waals surface area contributed by atoms with Gasteiger partial charge in [0.15, 0.2) is 0 Å². The second kappa shape index (κ2) is 11.3. The number of amides is 3. The van der Waals surface area contributed by atoms with Crippen LogP contribution in [0.25, 0.3) is 11.6 Å². The summed E-state index contributed by atoms with van der Waals surface area (Å²) in [7, 11) is 5.48. The Kier molecular flexibility index (Phi) is 8.16. The van der Waals surface area contributed by atoms with Crippen LogP contribution in [0.4, 0.5) is 10.1 Å². The molecule has 2 aliphatic rings. The van der Waals surface area contributed by atoms with Gasteiger partial charge in [0, 0.05) is 48.9 Å². The van der Waals surface area contributed by atoms with Crippen molar-refractivity contribution in [3.63, 3.8) is 0 Å². The van der Waals surface area contributed by atoms with E-state index in [1.807, 2.05) is 25.9 Å². The Balaban J connectivity index is 1.38. The second-order valence-electron chi connectivity index (χ2n) is 10.5. The summed E-state index contributed by atoms with van der Waals surface area (Å²) in [5, 5.41) is 5.81. The smallest absolute Gasteiger partial charge is 0.256 e. The zero-order chi connectivity index (χ0) is 27.6. The third-order valence-corrected chi connectivity index (χ3v) is 7.46. The molecule has 2 atom stereocenters. The Labute approximate surface area is 223 Å². The molecule has 2 aromatic rings. The highest BCUT2D eigenvalue weighted by molar-refractivity contribution is 6.34. The van der Waals surface area contributed by atoms with Gasteiger partial charge in [-0.1, -0.05) is 6.08 Å². The number of rotatable bonds is 8. The molecule has 1 aromatic carbocycles. The third-order valence-electron chi connectivity index (χ3n) is 7.46. The highest BCUT2D eigenvalue weighted by atomic mass is 19.1. The van der Waals surface area contributed by atoms with Gasteiger partial charge in [0.25, 0.3) is 5.91 Å². The number of anilines is 1. The van der Waals surface area contributed by atoms with Crippen molar-refractivity contribution in [2.75, 3.05) is 39.5 Å². The summed E-state index contributed by atoms with van der Waals surface area (Å²) >= 11 is 0. The largest absolute Gasteiger partial charge is 0.358 e. The van der Waals surface area contributed by atoms with Crippen molar-refractivity contribution in [1.82, 2.24) is 20.1 Å². The van der Waals surface area contributed by atoms with Crippen LogP contribution in [0.5, 0.6) is 0 Å². The summed E-state index contributed by atoms with van der Waals surface area (Å²) in [6, 6.07) is 3.70. The Morgan fingerprint density at radius 2 is 2.03 bits per heavy atom. The van der Waals surface area contributed by atoms with Crippen LogP contribution < -0.4 is 10.6 Å². The van der Waals surface area contributed by atoms with E-state index in [1.165, 1.54) is 28.7 Å². The third kappa shape index (κ3) is 5.88. The van der Waals surface area contributed by atoms with Gasteiger partial charge in [-0.15, -0.1) is 0 Å². The number of halogens is 1. The summed E-state index contributed by atoms with van der Waals surface area (Å²) in [6.45, 7) is 4.93. The molecule has 1 aliphatic carbocycles. The zero-order valence-electron chi connectivity index (χ0n) is 22.7. The maximum atomic E-state index is 13.8. The number of H-pyrrole nitrogens is 1. The van der Waals surface area contributed by atoms with E-state index in [-0.39, 0.29) is 29.5 Å². The average molecular weight is 522 g/mol. The van der Waals surface area contributed by atoms with Gasteiger partial charge in [0.2, 0.25) is 11.8 Å². The van der Waals surface area contributed by atoms with Crippen molar-refractivity contribution in [1.29, 1.82) is 0 Å². The van der Waals surface area contributed by atoms with Gasteiger partial charge in [-0.3, -0.25) is 14.4 Å². The molecule has 0 saturated carbocycles. The lowest BCUT2D eigenvalue weighted by atomic mass is 9.86. The number of nitrogens with zero attached hydrogens (tertiary/aromatic N) is 2. The first kappa shape index (κ1) is 27.3. The van der Waals surface area contributed by atoms with Crippen LogP contribution in [0.2, 0.25) is 0 Å². The Bertz CT molecular complexity index is 1310. The monoisotopic (exact) mass is 521 g/mol. The van der Waals surface area contributed by atoms with Gasteiger partial charge in [-0.05, 0) is 88.5 Å². The maximum Gasteiger partial charge on any atom is 0.256 e. The molecule has 1 aromatic heterocycles. The fourth-order valence-corrected chi connectivity index (χ4v) is 4.98. The zero-order valence-corrected chi connectivity index (χ0v) is 22.7. The molecular weight excluding hydrogens is 485 g/mol. The Morgan fingerprint density at radius 3 is 2.76 bits per heavy atom. The molecule has 9 heteroatoms. The first-order chi connectivity index (χ1) is 18.0. The molecule has 4 rings (SSSR count). The quantitative estimate of drug-likeness (QED) is 0.465. The van der Waals surface area contributed by atoms with E-state index in [1.54, 1.807) is 32.2 Å². The van der Waals surface area contributed by atoms with Gasteiger partial charge < -0.3 is 25.4 Å². The molecule has 1 unspecified atom stereocenters. The molecule has 2 heterocycles. The number of carbonyl (C=O) groups is 3. The van der Waals surface area contributed by atoms with Crippen molar-refractivity contribution in [2.24, 2.45) is 5.92 Å². The molecular formula is C29H36FN5O3. The molecule has 0 spiro atoms. The predicted molar refractivity (Wildman–Crippen MR) is 147 cm³/mol. The molecule has 38 heavy (non-hydrogen) atoms. The normalized spacial score (nSPS) is 18.4. The number of hydrogen-bond donors (Lipinski definition) is 3. The lowest BCUT2D eigenvalue weighted by Gasteiger charge is -2.26. The molecule has 1 aliphatic heterocycles. The van der Waals surface area contributed by atoms with Crippen LogP contribution in [0.3, 0.4) is 0 Å². The van der Waals surface area contributed by atoms with Crippen LogP contribution >= 0.6 is 0 Å². The summed E-state index contributed by atoms with van der Waals surface area (Å²) in [6.07, 6.45) is 7.63. The molecule has 202 valence electrons. The minimum atomic E-state index is -0.582. The Hall–Kier alpha value is -3.72. The predicted octanol–water partition coefficient (Wildman–Crippen LogP) is 3.14. The molecule has 0 radical (unpaired) electrons. The van der Waals surface area contributed by atoms with E-state index in [9.17, 15) is 18.8 Å². The number of likely N-dealkylation sites (N-methyl/N-ethyl adjacent to an activating group) is 2. The molecule has 0 bridgehead atoms. The molecule has 0 saturated heterocycles. The average Bonchev–Trinajstić information content (AvgIpc) is 3.36. The van der Waals surface area contributed by atoms with Crippen LogP contribution in [0, 0.1) is 18.7 Å². The van der Waals surface area contributed by atoms with Crippen LogP contribution in [0.15, 0.2) is 30.4 Å². The van der Waals surface area contributed by atoms with Crippen molar-refractivity contribution in [3.05, 3.63) is 64.2 Å². The Morgan fingerprint density at radius 1 is 1.26 bits per heavy atom. The number of fused-ring (bicyclic) bond motifs is 2. The van der Waals surface area contributed by atoms with E-state index < -0.39 is 6.04 Å². The minimum absolute atomic E-state index is 0.182. The van der Waals surface area contributed by atoms with Gasteiger partial charge in [0.05, 0.1) is 5.57 Å². The first-order valence-electron chi connectivity index (χ1n) is 12.9. The number of carbonyl (C=O) groups excluding carboxylic acids is 3. The highest BCUT2D eigenvalue weighted by Crippen LogP contribution is 2.36. The molecule has 0 fully saturated rings. The lowest BCUT2D eigenvalue weighted by Crippen LogP contribution is -2.46. The maximum absolute atomic E-state index is 13.8. The van der Waals surface area contributed by atoms with Crippen molar-refractivity contribution in [2.45, 2.75) is 39.2 Å². The van der Waals surface area contributed by atoms with Crippen molar-refractivity contribution >= 4 is 35.1 Å². The number of hydrogen-bond acceptors (Lipinski definition) is 4. The lowest BCUT2D eigenvalue weighted by molar-refractivity contribution is -0.135. The summed E-state index contributed by atoms with van der Waals surface area (Å²) in [5.41, 5.74) is 5.88. The van der Waals surface area contributed by atoms with Gasteiger partial charge in [0.1, 0.15) is 11.9 Å². The minimum Gasteiger partial charge on any atom is -0.358 e. The second-order valence-corrected chi connectivity index (χ2v) is 10.5. The van der Waals surface area contributed by atoms with Gasteiger partial charge >= 0.3 is 0 Å².